The number of nitrogens with zero attached hydrogens (tertiary/aromatic N) is 1. The predicted molar refractivity (Wildman–Crippen MR) is 74.3 cm³/mol. The summed E-state index contributed by atoms with van der Waals surface area (Å²) in [6, 6.07) is 6.54. The van der Waals surface area contributed by atoms with Gasteiger partial charge in [0.15, 0.2) is 5.78 Å². The monoisotopic (exact) mass is 264 g/mol. The van der Waals surface area contributed by atoms with Gasteiger partial charge < -0.3 is 15.4 Å². The van der Waals surface area contributed by atoms with Gasteiger partial charge in [0, 0.05) is 31.8 Å². The highest BCUT2D eigenvalue weighted by Crippen LogP contribution is 2.14. The topological polar surface area (TPSA) is 72.6 Å². The molecule has 0 aliphatic heterocycles. The first-order chi connectivity index (χ1) is 8.95. The maximum Gasteiger partial charge on any atom is 0.305 e. The molecular formula is C14H20N2O3. The molecule has 1 aromatic rings. The molecule has 0 heterocycles. The number of anilines is 1. The highest BCUT2D eigenvalue weighted by atomic mass is 16.5. The van der Waals surface area contributed by atoms with Crippen LogP contribution in [0.3, 0.4) is 0 Å². The summed E-state index contributed by atoms with van der Waals surface area (Å²) in [5.74, 6) is -0.514. The average molecular weight is 264 g/mol. The van der Waals surface area contributed by atoms with Crippen LogP contribution in [0.15, 0.2) is 24.3 Å². The van der Waals surface area contributed by atoms with Crippen molar-refractivity contribution < 1.29 is 14.3 Å². The van der Waals surface area contributed by atoms with E-state index in [1.54, 1.807) is 12.1 Å². The number of hydrogen-bond acceptors (Lipinski definition) is 5. The molecule has 0 amide bonds. The molecule has 0 saturated carbocycles. The molecule has 0 aromatic heterocycles. The Labute approximate surface area is 113 Å². The summed E-state index contributed by atoms with van der Waals surface area (Å²) in [5, 5.41) is 0. The molecule has 104 valence electrons. The molecule has 0 aliphatic carbocycles. The smallest absolute Gasteiger partial charge is 0.305 e. The third-order valence-electron chi connectivity index (χ3n) is 2.89. The molecule has 2 N–H and O–H groups in total. The standard InChI is InChI=1S/C14H20N2O3/c1-16(2)11-6-4-10(5-7-11)14(18)12(15)8-9-13(17)19-3/h4-7,12H,8-9,15H2,1-3H3. The van der Waals surface area contributed by atoms with Crippen LogP contribution in [0.25, 0.3) is 0 Å². The second kappa shape index (κ2) is 6.89. The lowest BCUT2D eigenvalue weighted by Crippen LogP contribution is -2.31. The van der Waals surface area contributed by atoms with Crippen LogP contribution in [0.1, 0.15) is 23.2 Å². The molecule has 0 saturated heterocycles. The number of rotatable bonds is 6. The van der Waals surface area contributed by atoms with E-state index < -0.39 is 6.04 Å². The second-order valence-corrected chi connectivity index (χ2v) is 4.53. The summed E-state index contributed by atoms with van der Waals surface area (Å²) < 4.78 is 4.52. The van der Waals surface area contributed by atoms with E-state index in [2.05, 4.69) is 4.74 Å². The summed E-state index contributed by atoms with van der Waals surface area (Å²) in [6.07, 6.45) is 0.445. The van der Waals surface area contributed by atoms with Gasteiger partial charge in [0.25, 0.3) is 0 Å². The van der Waals surface area contributed by atoms with Gasteiger partial charge in [-0.15, -0.1) is 0 Å². The van der Waals surface area contributed by atoms with Gasteiger partial charge in [-0.1, -0.05) is 0 Å². The SMILES string of the molecule is COC(=O)CCC(N)C(=O)c1ccc(N(C)C)cc1. The molecule has 1 unspecified atom stereocenters. The molecule has 5 heteroatoms. The number of nitrogens with two attached hydrogens (primary N) is 1. The predicted octanol–water partition coefficient (Wildman–Crippen LogP) is 1.22. The van der Waals surface area contributed by atoms with Gasteiger partial charge in [-0.05, 0) is 30.7 Å². The Morgan fingerprint density at radius 2 is 1.84 bits per heavy atom. The van der Waals surface area contributed by atoms with Gasteiger partial charge in [0.05, 0.1) is 13.2 Å². The lowest BCUT2D eigenvalue weighted by molar-refractivity contribution is -0.140. The van der Waals surface area contributed by atoms with Crippen molar-refractivity contribution in [2.24, 2.45) is 5.73 Å². The molecule has 0 aliphatic rings. The van der Waals surface area contributed by atoms with Gasteiger partial charge in [0.1, 0.15) is 0 Å². The van der Waals surface area contributed by atoms with Crippen LogP contribution in [0.2, 0.25) is 0 Å². The normalized spacial score (nSPS) is 11.8. The number of Topliss-reactive ketones (excluding diaryl/α,β-unsaturated/α-hetero) is 1. The minimum absolute atomic E-state index is 0.152. The van der Waals surface area contributed by atoms with Gasteiger partial charge in [-0.25, -0.2) is 0 Å². The number of benzene rings is 1. The first kappa shape index (κ1) is 15.2. The third-order valence-corrected chi connectivity index (χ3v) is 2.89. The van der Waals surface area contributed by atoms with Crippen molar-refractivity contribution in [2.75, 3.05) is 26.1 Å². The van der Waals surface area contributed by atoms with E-state index in [9.17, 15) is 9.59 Å². The number of ether oxygens (including phenoxy) is 1. The first-order valence-corrected chi connectivity index (χ1v) is 6.09. The Morgan fingerprint density at radius 3 is 2.32 bits per heavy atom. The maximum absolute atomic E-state index is 12.0. The quantitative estimate of drug-likeness (QED) is 0.617. The summed E-state index contributed by atoms with van der Waals surface area (Å²) in [6.45, 7) is 0. The fraction of sp³-hybridized carbons (Fsp3) is 0.429. The molecule has 1 aromatic carbocycles. The van der Waals surface area contributed by atoms with Crippen LogP contribution in [-0.2, 0) is 9.53 Å². The Hall–Kier alpha value is -1.88. The van der Waals surface area contributed by atoms with Crippen LogP contribution in [0.4, 0.5) is 5.69 Å². The van der Waals surface area contributed by atoms with Crippen LogP contribution < -0.4 is 10.6 Å². The minimum atomic E-state index is -0.677. The zero-order valence-corrected chi connectivity index (χ0v) is 11.6. The second-order valence-electron chi connectivity index (χ2n) is 4.53. The van der Waals surface area contributed by atoms with E-state index >= 15 is 0 Å². The Kier molecular flexibility index (Phi) is 5.51. The van der Waals surface area contributed by atoms with Crippen molar-refractivity contribution in [3.8, 4) is 0 Å². The summed E-state index contributed by atoms with van der Waals surface area (Å²) in [7, 11) is 5.17. The van der Waals surface area contributed by atoms with E-state index in [0.29, 0.717) is 12.0 Å². The molecule has 5 nitrogen and oxygen atoms in total. The van der Waals surface area contributed by atoms with Gasteiger partial charge >= 0.3 is 5.97 Å². The van der Waals surface area contributed by atoms with Gasteiger partial charge in [0.2, 0.25) is 0 Å². The zero-order valence-electron chi connectivity index (χ0n) is 11.6. The Bertz CT molecular complexity index is 441. The summed E-state index contributed by atoms with van der Waals surface area (Å²) in [5.41, 5.74) is 7.35. The van der Waals surface area contributed by atoms with E-state index in [1.807, 2.05) is 31.1 Å². The third kappa shape index (κ3) is 4.37. The number of carbonyl (C=O) groups is 2. The summed E-state index contributed by atoms with van der Waals surface area (Å²) in [4.78, 5) is 25.0. The number of hydrogen-bond donors (Lipinski definition) is 1. The van der Waals surface area contributed by atoms with E-state index in [0.717, 1.165) is 5.69 Å². The fourth-order valence-electron chi connectivity index (χ4n) is 1.64. The largest absolute Gasteiger partial charge is 0.469 e. The first-order valence-electron chi connectivity index (χ1n) is 6.09. The van der Waals surface area contributed by atoms with Crippen molar-refractivity contribution in [1.29, 1.82) is 0 Å². The molecule has 0 spiro atoms. The van der Waals surface area contributed by atoms with Gasteiger partial charge in [-0.3, -0.25) is 9.59 Å². The number of esters is 1. The van der Waals surface area contributed by atoms with Gasteiger partial charge in [-0.2, -0.15) is 0 Å². The number of methoxy groups -OCH3 is 1. The van der Waals surface area contributed by atoms with Crippen molar-refractivity contribution in [2.45, 2.75) is 18.9 Å². The van der Waals surface area contributed by atoms with Crippen molar-refractivity contribution in [1.82, 2.24) is 0 Å². The van der Waals surface area contributed by atoms with E-state index in [-0.39, 0.29) is 18.2 Å². The highest BCUT2D eigenvalue weighted by Gasteiger charge is 2.17. The van der Waals surface area contributed by atoms with Crippen molar-refractivity contribution >= 4 is 17.4 Å². The van der Waals surface area contributed by atoms with Crippen LogP contribution in [0, 0.1) is 0 Å². The molecule has 0 radical (unpaired) electrons. The van der Waals surface area contributed by atoms with Crippen LogP contribution in [0.5, 0.6) is 0 Å². The lowest BCUT2D eigenvalue weighted by Gasteiger charge is -2.14. The molecule has 19 heavy (non-hydrogen) atoms. The Balaban J connectivity index is 2.63. The van der Waals surface area contributed by atoms with Crippen LogP contribution >= 0.6 is 0 Å². The molecule has 0 bridgehead atoms. The Morgan fingerprint density at radius 1 is 1.26 bits per heavy atom. The fourth-order valence-corrected chi connectivity index (χ4v) is 1.64. The molecule has 1 rings (SSSR count). The van der Waals surface area contributed by atoms with Crippen LogP contribution in [-0.4, -0.2) is 39.0 Å². The molecule has 1 atom stereocenters. The van der Waals surface area contributed by atoms with E-state index in [1.165, 1.54) is 7.11 Å². The highest BCUT2D eigenvalue weighted by molar-refractivity contribution is 6.00. The lowest BCUT2D eigenvalue weighted by atomic mass is 10.0. The molecular weight excluding hydrogens is 244 g/mol. The molecule has 0 fully saturated rings. The number of ketones is 1. The van der Waals surface area contributed by atoms with Crippen molar-refractivity contribution in [3.05, 3.63) is 29.8 Å². The number of carbonyl (C=O) groups excluding carboxylic acids is 2. The average Bonchev–Trinajstić information content (AvgIpc) is 2.43. The maximum atomic E-state index is 12.0. The van der Waals surface area contributed by atoms with Crippen molar-refractivity contribution in [3.63, 3.8) is 0 Å². The minimum Gasteiger partial charge on any atom is -0.469 e. The zero-order chi connectivity index (χ0) is 14.4. The summed E-state index contributed by atoms with van der Waals surface area (Å²) >= 11 is 0. The van der Waals surface area contributed by atoms with E-state index in [4.69, 9.17) is 5.73 Å².